The van der Waals surface area contributed by atoms with E-state index in [0.717, 1.165) is 0 Å². The second-order valence-corrected chi connectivity index (χ2v) is 5.15. The molecule has 0 aliphatic carbocycles. The molecular weight excluding hydrogens is 272 g/mol. The van der Waals surface area contributed by atoms with Crippen LogP contribution in [0.3, 0.4) is 0 Å². The first-order chi connectivity index (χ1) is 9.00. The lowest BCUT2D eigenvalue weighted by molar-refractivity contribution is 0.0946. The van der Waals surface area contributed by atoms with E-state index in [2.05, 4.69) is 5.32 Å². The zero-order chi connectivity index (χ0) is 14.3. The molecule has 1 rings (SSSR count). The lowest BCUT2D eigenvalue weighted by Crippen LogP contribution is -2.25. The maximum absolute atomic E-state index is 12.4. The van der Waals surface area contributed by atoms with Crippen molar-refractivity contribution in [1.29, 1.82) is 0 Å². The number of aliphatic hydroxyl groups excluding tert-OH is 1. The first-order valence-electron chi connectivity index (χ1n) is 6.01. The van der Waals surface area contributed by atoms with Crippen LogP contribution in [0.25, 0.3) is 0 Å². The fourth-order valence-electron chi connectivity index (χ4n) is 1.55. The van der Waals surface area contributed by atoms with Gasteiger partial charge in [0.2, 0.25) is 0 Å². The third kappa shape index (κ3) is 6.02. The molecule has 0 saturated heterocycles. The minimum Gasteiger partial charge on any atom is -0.393 e. The van der Waals surface area contributed by atoms with Crippen molar-refractivity contribution in [3.63, 3.8) is 0 Å². The molecule has 0 aromatic heterocycles. The SMILES string of the molecule is CC(O)CCCNC(=O)c1ccccc1SC(F)F. The number of aliphatic hydroxyl groups is 1. The number of halogens is 2. The Hall–Kier alpha value is -1.14. The summed E-state index contributed by atoms with van der Waals surface area (Å²) in [5.41, 5.74) is 0.254. The normalized spacial score (nSPS) is 12.5. The van der Waals surface area contributed by atoms with Crippen LogP contribution >= 0.6 is 11.8 Å². The number of benzene rings is 1. The first-order valence-corrected chi connectivity index (χ1v) is 6.88. The van der Waals surface area contributed by atoms with Gasteiger partial charge in [-0.3, -0.25) is 4.79 Å². The van der Waals surface area contributed by atoms with Crippen molar-refractivity contribution in [3.05, 3.63) is 29.8 Å². The van der Waals surface area contributed by atoms with E-state index in [-0.39, 0.29) is 16.4 Å². The number of rotatable bonds is 7. The highest BCUT2D eigenvalue weighted by molar-refractivity contribution is 7.99. The van der Waals surface area contributed by atoms with Crippen LogP contribution in [-0.2, 0) is 0 Å². The summed E-state index contributed by atoms with van der Waals surface area (Å²) >= 11 is 0.363. The molecule has 1 unspecified atom stereocenters. The first kappa shape index (κ1) is 15.9. The highest BCUT2D eigenvalue weighted by atomic mass is 32.2. The fraction of sp³-hybridized carbons (Fsp3) is 0.462. The molecule has 0 aliphatic heterocycles. The second kappa shape index (κ2) is 8.12. The van der Waals surface area contributed by atoms with Gasteiger partial charge in [0, 0.05) is 11.4 Å². The summed E-state index contributed by atoms with van der Waals surface area (Å²) < 4.78 is 24.7. The molecule has 0 radical (unpaired) electrons. The Morgan fingerprint density at radius 2 is 2.11 bits per heavy atom. The number of carbonyl (C=O) groups excluding carboxylic acids is 1. The molecule has 0 fully saturated rings. The summed E-state index contributed by atoms with van der Waals surface area (Å²) in [7, 11) is 0. The molecule has 0 spiro atoms. The summed E-state index contributed by atoms with van der Waals surface area (Å²) in [6, 6.07) is 6.28. The molecular formula is C13H17F2NO2S. The van der Waals surface area contributed by atoms with Crippen LogP contribution in [0.15, 0.2) is 29.2 Å². The van der Waals surface area contributed by atoms with Crippen molar-refractivity contribution in [2.45, 2.75) is 36.5 Å². The number of amides is 1. The van der Waals surface area contributed by atoms with Gasteiger partial charge in [-0.25, -0.2) is 0 Å². The Morgan fingerprint density at radius 1 is 1.42 bits per heavy atom. The summed E-state index contributed by atoms with van der Waals surface area (Å²) in [5, 5.41) is 11.7. The largest absolute Gasteiger partial charge is 0.393 e. The summed E-state index contributed by atoms with van der Waals surface area (Å²) in [5.74, 6) is -2.92. The Bertz CT molecular complexity index is 413. The standard InChI is InChI=1S/C13H17F2NO2S/c1-9(17)5-4-8-16-12(18)10-6-2-3-7-11(10)19-13(14)15/h2-3,6-7,9,13,17H,4-5,8H2,1H3,(H,16,18). The van der Waals surface area contributed by atoms with E-state index in [1.807, 2.05) is 0 Å². The van der Waals surface area contributed by atoms with Crippen LogP contribution in [0.4, 0.5) is 8.78 Å². The minimum atomic E-state index is -2.55. The van der Waals surface area contributed by atoms with Crippen molar-refractivity contribution < 1.29 is 18.7 Å². The number of nitrogens with one attached hydrogen (secondary N) is 1. The average Bonchev–Trinajstić information content (AvgIpc) is 2.34. The van der Waals surface area contributed by atoms with Crippen molar-refractivity contribution in [2.24, 2.45) is 0 Å². The van der Waals surface area contributed by atoms with Gasteiger partial charge < -0.3 is 10.4 Å². The van der Waals surface area contributed by atoms with Crippen LogP contribution in [0.1, 0.15) is 30.1 Å². The van der Waals surface area contributed by atoms with Crippen LogP contribution in [0.5, 0.6) is 0 Å². The number of thioether (sulfide) groups is 1. The Labute approximate surface area is 115 Å². The van der Waals surface area contributed by atoms with Crippen molar-refractivity contribution in [1.82, 2.24) is 5.32 Å². The lowest BCUT2D eigenvalue weighted by Gasteiger charge is -2.10. The monoisotopic (exact) mass is 289 g/mol. The molecule has 0 heterocycles. The number of hydrogen-bond donors (Lipinski definition) is 2. The molecule has 1 amide bonds. The Morgan fingerprint density at radius 3 is 2.74 bits per heavy atom. The van der Waals surface area contributed by atoms with Gasteiger partial charge in [0.1, 0.15) is 0 Å². The number of hydrogen-bond acceptors (Lipinski definition) is 3. The zero-order valence-electron chi connectivity index (χ0n) is 10.6. The third-order valence-electron chi connectivity index (χ3n) is 2.43. The van der Waals surface area contributed by atoms with Gasteiger partial charge in [0.05, 0.1) is 11.7 Å². The molecule has 3 nitrogen and oxygen atoms in total. The maximum Gasteiger partial charge on any atom is 0.288 e. The van der Waals surface area contributed by atoms with Gasteiger partial charge in [0.15, 0.2) is 0 Å². The summed E-state index contributed by atoms with van der Waals surface area (Å²) in [6.45, 7) is 2.09. The maximum atomic E-state index is 12.4. The van der Waals surface area contributed by atoms with E-state index in [0.29, 0.717) is 31.1 Å². The molecule has 1 aromatic carbocycles. The zero-order valence-corrected chi connectivity index (χ0v) is 11.4. The van der Waals surface area contributed by atoms with E-state index >= 15 is 0 Å². The Kier molecular flexibility index (Phi) is 6.80. The quantitative estimate of drug-likeness (QED) is 0.599. The number of alkyl halides is 2. The lowest BCUT2D eigenvalue weighted by atomic mass is 10.2. The van der Waals surface area contributed by atoms with E-state index in [1.165, 1.54) is 12.1 Å². The summed E-state index contributed by atoms with van der Waals surface area (Å²) in [4.78, 5) is 12.1. The fourth-order valence-corrected chi connectivity index (χ4v) is 2.18. The average molecular weight is 289 g/mol. The third-order valence-corrected chi connectivity index (χ3v) is 3.22. The van der Waals surface area contributed by atoms with Gasteiger partial charge in [-0.2, -0.15) is 8.78 Å². The van der Waals surface area contributed by atoms with Crippen molar-refractivity contribution >= 4 is 17.7 Å². The molecule has 0 bridgehead atoms. The molecule has 2 N–H and O–H groups in total. The van der Waals surface area contributed by atoms with E-state index in [1.54, 1.807) is 19.1 Å². The molecule has 19 heavy (non-hydrogen) atoms. The highest BCUT2D eigenvalue weighted by Crippen LogP contribution is 2.28. The minimum absolute atomic E-state index is 0.254. The summed E-state index contributed by atoms with van der Waals surface area (Å²) in [6.07, 6.45) is 0.833. The Balaban J connectivity index is 2.56. The van der Waals surface area contributed by atoms with Crippen LogP contribution in [-0.4, -0.2) is 29.4 Å². The van der Waals surface area contributed by atoms with E-state index in [9.17, 15) is 13.6 Å². The predicted octanol–water partition coefficient (Wildman–Crippen LogP) is 2.89. The smallest absolute Gasteiger partial charge is 0.288 e. The molecule has 0 aliphatic rings. The van der Waals surface area contributed by atoms with Crippen molar-refractivity contribution in [3.8, 4) is 0 Å². The van der Waals surface area contributed by atoms with Crippen LogP contribution < -0.4 is 5.32 Å². The van der Waals surface area contributed by atoms with Gasteiger partial charge in [-0.15, -0.1) is 0 Å². The molecule has 1 atom stereocenters. The highest BCUT2D eigenvalue weighted by Gasteiger charge is 2.14. The number of carbonyl (C=O) groups is 1. The molecule has 1 aromatic rings. The van der Waals surface area contributed by atoms with Crippen molar-refractivity contribution in [2.75, 3.05) is 6.54 Å². The van der Waals surface area contributed by atoms with Gasteiger partial charge in [0.25, 0.3) is 11.7 Å². The molecule has 0 saturated carbocycles. The topological polar surface area (TPSA) is 49.3 Å². The molecule has 6 heteroatoms. The second-order valence-electron chi connectivity index (χ2n) is 4.12. The molecule has 106 valence electrons. The van der Waals surface area contributed by atoms with Gasteiger partial charge in [-0.1, -0.05) is 23.9 Å². The van der Waals surface area contributed by atoms with E-state index in [4.69, 9.17) is 5.11 Å². The van der Waals surface area contributed by atoms with Crippen LogP contribution in [0, 0.1) is 0 Å². The van der Waals surface area contributed by atoms with Crippen LogP contribution in [0.2, 0.25) is 0 Å². The van der Waals surface area contributed by atoms with Gasteiger partial charge in [-0.05, 0) is 31.9 Å². The predicted molar refractivity (Wildman–Crippen MR) is 71.6 cm³/mol. The van der Waals surface area contributed by atoms with Gasteiger partial charge >= 0.3 is 0 Å². The van der Waals surface area contributed by atoms with E-state index < -0.39 is 11.9 Å².